The maximum Gasteiger partial charge on any atom is 0.336 e. The molecule has 2 aliphatic rings. The number of methoxy groups -OCH3 is 1. The van der Waals surface area contributed by atoms with Crippen molar-refractivity contribution in [3.05, 3.63) is 35.9 Å². The zero-order valence-corrected chi connectivity index (χ0v) is 12.8. The van der Waals surface area contributed by atoms with Crippen LogP contribution in [-0.4, -0.2) is 42.6 Å². The molecule has 1 aromatic carbocycles. The van der Waals surface area contributed by atoms with Gasteiger partial charge in [-0.1, -0.05) is 12.1 Å². The average Bonchev–Trinajstić information content (AvgIpc) is 3.07. The summed E-state index contributed by atoms with van der Waals surface area (Å²) in [6.45, 7) is 2.54. The average molecular weight is 301 g/mol. The fraction of sp³-hybridized carbons (Fsp3) is 0.412. The zero-order valence-electron chi connectivity index (χ0n) is 12.8. The van der Waals surface area contributed by atoms with E-state index in [9.17, 15) is 9.59 Å². The van der Waals surface area contributed by atoms with E-state index in [0.717, 1.165) is 16.9 Å². The van der Waals surface area contributed by atoms with Gasteiger partial charge < -0.3 is 14.4 Å². The van der Waals surface area contributed by atoms with Crippen LogP contribution in [0.5, 0.6) is 5.75 Å². The van der Waals surface area contributed by atoms with Gasteiger partial charge in [-0.3, -0.25) is 4.79 Å². The highest BCUT2D eigenvalue weighted by molar-refractivity contribution is 5.98. The van der Waals surface area contributed by atoms with E-state index in [1.807, 2.05) is 30.3 Å². The molecule has 2 aliphatic heterocycles. The van der Waals surface area contributed by atoms with Gasteiger partial charge in [-0.2, -0.15) is 0 Å². The highest BCUT2D eigenvalue weighted by Gasteiger charge is 2.54. The van der Waals surface area contributed by atoms with Crippen LogP contribution >= 0.6 is 0 Å². The van der Waals surface area contributed by atoms with Crippen LogP contribution in [0, 0.1) is 0 Å². The first kappa shape index (κ1) is 14.6. The molecule has 1 atom stereocenters. The van der Waals surface area contributed by atoms with Gasteiger partial charge in [-0.15, -0.1) is 0 Å². The molecule has 1 amide bonds. The monoisotopic (exact) mass is 301 g/mol. The van der Waals surface area contributed by atoms with E-state index < -0.39 is 5.54 Å². The van der Waals surface area contributed by atoms with Crippen LogP contribution in [0.25, 0.3) is 5.57 Å². The van der Waals surface area contributed by atoms with Gasteiger partial charge >= 0.3 is 5.97 Å². The Morgan fingerprint density at radius 1 is 1.32 bits per heavy atom. The predicted molar refractivity (Wildman–Crippen MR) is 81.3 cm³/mol. The summed E-state index contributed by atoms with van der Waals surface area (Å²) in [5, 5.41) is 0. The molecule has 0 N–H and O–H groups in total. The first-order chi connectivity index (χ1) is 10.6. The topological polar surface area (TPSA) is 55.8 Å². The predicted octanol–water partition coefficient (Wildman–Crippen LogP) is 2.02. The molecule has 5 heteroatoms. The van der Waals surface area contributed by atoms with Gasteiger partial charge in [0.25, 0.3) is 0 Å². The molecule has 0 aliphatic carbocycles. The molecule has 0 bridgehead atoms. The van der Waals surface area contributed by atoms with Crippen molar-refractivity contribution >= 4 is 17.4 Å². The highest BCUT2D eigenvalue weighted by Crippen LogP contribution is 2.41. The van der Waals surface area contributed by atoms with Gasteiger partial charge in [-0.25, -0.2) is 4.79 Å². The summed E-state index contributed by atoms with van der Waals surface area (Å²) in [6, 6.07) is 7.63. The molecule has 1 aromatic rings. The van der Waals surface area contributed by atoms with E-state index in [0.29, 0.717) is 26.0 Å². The summed E-state index contributed by atoms with van der Waals surface area (Å²) in [4.78, 5) is 26.1. The fourth-order valence-corrected chi connectivity index (χ4v) is 3.18. The van der Waals surface area contributed by atoms with Crippen molar-refractivity contribution < 1.29 is 19.1 Å². The number of esters is 1. The second-order valence-corrected chi connectivity index (χ2v) is 5.52. The maximum atomic E-state index is 12.4. The standard InChI is InChI=1S/C17H19NO4/c1-3-22-16(20)17-9-8-15(19)18(17)11-13(10-17)12-4-6-14(21-2)7-5-12/h4-7,10H,3,8-9,11H2,1-2H3. The van der Waals surface area contributed by atoms with E-state index in [1.165, 1.54) is 0 Å². The minimum absolute atomic E-state index is 0.00724. The Balaban J connectivity index is 1.95. The summed E-state index contributed by atoms with van der Waals surface area (Å²) in [6.07, 6.45) is 2.78. The summed E-state index contributed by atoms with van der Waals surface area (Å²) < 4.78 is 10.4. The Morgan fingerprint density at radius 2 is 2.05 bits per heavy atom. The lowest BCUT2D eigenvalue weighted by molar-refractivity contribution is -0.155. The van der Waals surface area contributed by atoms with Crippen LogP contribution in [0.3, 0.4) is 0 Å². The van der Waals surface area contributed by atoms with E-state index in [2.05, 4.69) is 0 Å². The Labute approximate surface area is 129 Å². The molecule has 1 unspecified atom stereocenters. The van der Waals surface area contributed by atoms with Crippen LogP contribution in [0.2, 0.25) is 0 Å². The van der Waals surface area contributed by atoms with Crippen LogP contribution in [0.15, 0.2) is 30.3 Å². The van der Waals surface area contributed by atoms with Crippen LogP contribution in [0.1, 0.15) is 25.3 Å². The number of hydrogen-bond acceptors (Lipinski definition) is 4. The van der Waals surface area contributed by atoms with Gasteiger partial charge in [0.2, 0.25) is 5.91 Å². The van der Waals surface area contributed by atoms with Crippen molar-refractivity contribution in [1.82, 2.24) is 4.90 Å². The van der Waals surface area contributed by atoms with E-state index in [4.69, 9.17) is 9.47 Å². The van der Waals surface area contributed by atoms with Crippen molar-refractivity contribution in [3.63, 3.8) is 0 Å². The third-order valence-corrected chi connectivity index (χ3v) is 4.33. The SMILES string of the molecule is CCOC(=O)C12C=C(c3ccc(OC)cc3)CN1C(=O)CC2. The lowest BCUT2D eigenvalue weighted by Gasteiger charge is -2.28. The lowest BCUT2D eigenvalue weighted by Crippen LogP contribution is -2.48. The van der Waals surface area contributed by atoms with Gasteiger partial charge in [0, 0.05) is 13.0 Å². The summed E-state index contributed by atoms with van der Waals surface area (Å²) in [5.41, 5.74) is 1.05. The van der Waals surface area contributed by atoms with Crippen LogP contribution in [-0.2, 0) is 14.3 Å². The second kappa shape index (κ2) is 5.48. The molecule has 0 radical (unpaired) electrons. The minimum atomic E-state index is -0.914. The number of carbonyl (C=O) groups excluding carboxylic acids is 2. The van der Waals surface area contributed by atoms with Crippen molar-refractivity contribution in [2.45, 2.75) is 25.3 Å². The molecule has 1 fully saturated rings. The van der Waals surface area contributed by atoms with Crippen LogP contribution < -0.4 is 4.74 Å². The number of fused-ring (bicyclic) bond motifs is 1. The van der Waals surface area contributed by atoms with Gasteiger partial charge in [0.1, 0.15) is 5.75 Å². The zero-order chi connectivity index (χ0) is 15.7. The van der Waals surface area contributed by atoms with Crippen molar-refractivity contribution in [3.8, 4) is 5.75 Å². The molecule has 3 rings (SSSR count). The number of amides is 1. The normalized spacial score (nSPS) is 23.3. The molecule has 22 heavy (non-hydrogen) atoms. The molecule has 116 valence electrons. The Bertz CT molecular complexity index is 635. The molecule has 1 saturated heterocycles. The molecular formula is C17H19NO4. The first-order valence-corrected chi connectivity index (χ1v) is 7.44. The van der Waals surface area contributed by atoms with Crippen molar-refractivity contribution in [2.24, 2.45) is 0 Å². The van der Waals surface area contributed by atoms with Gasteiger partial charge in [-0.05, 0) is 42.7 Å². The van der Waals surface area contributed by atoms with E-state index in [-0.39, 0.29) is 11.9 Å². The largest absolute Gasteiger partial charge is 0.497 e. The molecule has 2 heterocycles. The summed E-state index contributed by atoms with van der Waals surface area (Å²) >= 11 is 0. The number of nitrogens with zero attached hydrogens (tertiary/aromatic N) is 1. The van der Waals surface area contributed by atoms with Crippen molar-refractivity contribution in [2.75, 3.05) is 20.3 Å². The Morgan fingerprint density at radius 3 is 2.68 bits per heavy atom. The Kier molecular flexibility index (Phi) is 3.64. The molecule has 0 saturated carbocycles. The minimum Gasteiger partial charge on any atom is -0.497 e. The van der Waals surface area contributed by atoms with Gasteiger partial charge in [0.05, 0.1) is 13.7 Å². The summed E-state index contributed by atoms with van der Waals surface area (Å²) in [7, 11) is 1.62. The van der Waals surface area contributed by atoms with Gasteiger partial charge in [0.15, 0.2) is 5.54 Å². The number of carbonyl (C=O) groups is 2. The van der Waals surface area contributed by atoms with E-state index >= 15 is 0 Å². The van der Waals surface area contributed by atoms with Crippen molar-refractivity contribution in [1.29, 1.82) is 0 Å². The third kappa shape index (κ3) is 2.17. The quantitative estimate of drug-likeness (QED) is 0.798. The Hall–Kier alpha value is -2.30. The second-order valence-electron chi connectivity index (χ2n) is 5.52. The molecular weight excluding hydrogens is 282 g/mol. The molecule has 5 nitrogen and oxygen atoms in total. The first-order valence-electron chi connectivity index (χ1n) is 7.44. The maximum absolute atomic E-state index is 12.4. The molecule has 0 spiro atoms. The lowest BCUT2D eigenvalue weighted by atomic mass is 9.95. The molecule has 0 aromatic heterocycles. The fourth-order valence-electron chi connectivity index (χ4n) is 3.18. The third-order valence-electron chi connectivity index (χ3n) is 4.33. The number of ether oxygens (including phenoxy) is 2. The summed E-state index contributed by atoms with van der Waals surface area (Å²) in [5.74, 6) is 0.455. The number of rotatable bonds is 4. The smallest absolute Gasteiger partial charge is 0.336 e. The highest BCUT2D eigenvalue weighted by atomic mass is 16.5. The number of hydrogen-bond donors (Lipinski definition) is 0. The number of benzene rings is 1. The van der Waals surface area contributed by atoms with Crippen LogP contribution in [0.4, 0.5) is 0 Å². The van der Waals surface area contributed by atoms with E-state index in [1.54, 1.807) is 18.9 Å².